The second kappa shape index (κ2) is 10.3. The van der Waals surface area contributed by atoms with E-state index in [1.54, 1.807) is 7.05 Å². The fourth-order valence-corrected chi connectivity index (χ4v) is 4.00. The van der Waals surface area contributed by atoms with Crippen LogP contribution in [0.15, 0.2) is 29.3 Å². The quantitative estimate of drug-likeness (QED) is 0.600. The number of halogens is 1. The van der Waals surface area contributed by atoms with Crippen molar-refractivity contribution in [3.8, 4) is 0 Å². The van der Waals surface area contributed by atoms with Crippen molar-refractivity contribution in [2.45, 2.75) is 44.6 Å². The normalized spacial score (nSPS) is 18.9. The first-order valence-corrected chi connectivity index (χ1v) is 10.4. The van der Waals surface area contributed by atoms with Gasteiger partial charge in [0.2, 0.25) is 5.91 Å². The summed E-state index contributed by atoms with van der Waals surface area (Å²) in [5.41, 5.74) is 1.04. The van der Waals surface area contributed by atoms with Crippen LogP contribution in [0.4, 0.5) is 10.1 Å². The van der Waals surface area contributed by atoms with Crippen molar-refractivity contribution in [1.82, 2.24) is 15.5 Å². The lowest BCUT2D eigenvalue weighted by Gasteiger charge is -2.37. The van der Waals surface area contributed by atoms with E-state index >= 15 is 0 Å². The van der Waals surface area contributed by atoms with Gasteiger partial charge in [0.15, 0.2) is 5.96 Å². The second-order valence-corrected chi connectivity index (χ2v) is 7.58. The van der Waals surface area contributed by atoms with Crippen LogP contribution in [0.1, 0.15) is 38.5 Å². The van der Waals surface area contributed by atoms with Crippen LogP contribution in [0.5, 0.6) is 0 Å². The third-order valence-corrected chi connectivity index (χ3v) is 5.59. The molecule has 3 rings (SSSR count). The molecular weight excluding hydrogens is 357 g/mol. The van der Waals surface area contributed by atoms with Crippen LogP contribution in [0.25, 0.3) is 0 Å². The molecule has 1 saturated carbocycles. The number of benzene rings is 1. The Bertz CT molecular complexity index is 649. The Labute approximate surface area is 167 Å². The standard InChI is InChI=1S/C21H32FN5O/c1-23-21(24-12-11-20(28)25-18-5-3-2-4-6-18)27-15-13-26(14-16-27)19-9-7-17(22)8-10-19/h7-10,18H,2-6,11-16H2,1H3,(H,23,24)(H,25,28). The van der Waals surface area contributed by atoms with Crippen LogP contribution < -0.4 is 15.5 Å². The van der Waals surface area contributed by atoms with E-state index in [0.29, 0.717) is 19.0 Å². The van der Waals surface area contributed by atoms with Gasteiger partial charge in [-0.3, -0.25) is 9.79 Å². The third kappa shape index (κ3) is 5.84. The smallest absolute Gasteiger partial charge is 0.221 e. The van der Waals surface area contributed by atoms with Gasteiger partial charge in [0.05, 0.1) is 0 Å². The zero-order valence-corrected chi connectivity index (χ0v) is 16.8. The van der Waals surface area contributed by atoms with E-state index in [9.17, 15) is 9.18 Å². The van der Waals surface area contributed by atoms with Gasteiger partial charge in [0.1, 0.15) is 5.82 Å². The van der Waals surface area contributed by atoms with Gasteiger partial charge in [0, 0.05) is 57.9 Å². The third-order valence-electron chi connectivity index (χ3n) is 5.59. The number of amides is 1. The van der Waals surface area contributed by atoms with Crippen LogP contribution in [-0.4, -0.2) is 62.6 Å². The fraction of sp³-hybridized carbons (Fsp3) is 0.619. The molecule has 1 heterocycles. The number of piperazine rings is 1. The lowest BCUT2D eigenvalue weighted by Crippen LogP contribution is -2.53. The molecule has 154 valence electrons. The van der Waals surface area contributed by atoms with E-state index in [-0.39, 0.29) is 11.7 Å². The van der Waals surface area contributed by atoms with Crippen molar-refractivity contribution in [3.63, 3.8) is 0 Å². The molecule has 2 fully saturated rings. The second-order valence-electron chi connectivity index (χ2n) is 7.58. The minimum Gasteiger partial charge on any atom is -0.368 e. The number of guanidine groups is 1. The molecule has 2 N–H and O–H groups in total. The largest absolute Gasteiger partial charge is 0.368 e. The summed E-state index contributed by atoms with van der Waals surface area (Å²) in [4.78, 5) is 21.0. The molecule has 0 aromatic heterocycles. The van der Waals surface area contributed by atoms with Crippen molar-refractivity contribution < 1.29 is 9.18 Å². The number of aliphatic imine (C=N–C) groups is 1. The average Bonchev–Trinajstić information content (AvgIpc) is 2.73. The fourth-order valence-electron chi connectivity index (χ4n) is 4.00. The van der Waals surface area contributed by atoms with Gasteiger partial charge in [-0.25, -0.2) is 4.39 Å². The summed E-state index contributed by atoms with van der Waals surface area (Å²) in [6.07, 6.45) is 6.42. The number of nitrogens with one attached hydrogen (secondary N) is 2. The lowest BCUT2D eigenvalue weighted by atomic mass is 9.95. The van der Waals surface area contributed by atoms with Crippen molar-refractivity contribution in [2.24, 2.45) is 4.99 Å². The number of hydrogen-bond acceptors (Lipinski definition) is 3. The first-order valence-electron chi connectivity index (χ1n) is 10.4. The van der Waals surface area contributed by atoms with E-state index in [1.807, 2.05) is 12.1 Å². The highest BCUT2D eigenvalue weighted by molar-refractivity contribution is 5.81. The zero-order chi connectivity index (χ0) is 19.8. The molecule has 1 aromatic rings. The first-order chi connectivity index (χ1) is 13.7. The highest BCUT2D eigenvalue weighted by Crippen LogP contribution is 2.18. The van der Waals surface area contributed by atoms with E-state index in [1.165, 1.54) is 31.4 Å². The van der Waals surface area contributed by atoms with Gasteiger partial charge in [-0.15, -0.1) is 0 Å². The maximum Gasteiger partial charge on any atom is 0.221 e. The number of anilines is 1. The number of carbonyl (C=O) groups excluding carboxylic acids is 1. The molecular formula is C21H32FN5O. The van der Waals surface area contributed by atoms with Gasteiger partial charge < -0.3 is 20.4 Å². The Hall–Kier alpha value is -2.31. The minimum absolute atomic E-state index is 0.121. The molecule has 1 amide bonds. The molecule has 0 unspecified atom stereocenters. The molecule has 2 aliphatic rings. The molecule has 28 heavy (non-hydrogen) atoms. The summed E-state index contributed by atoms with van der Waals surface area (Å²) >= 11 is 0. The molecule has 1 aliphatic carbocycles. The highest BCUT2D eigenvalue weighted by atomic mass is 19.1. The van der Waals surface area contributed by atoms with Gasteiger partial charge in [-0.1, -0.05) is 19.3 Å². The van der Waals surface area contributed by atoms with Crippen molar-refractivity contribution in [3.05, 3.63) is 30.1 Å². The molecule has 1 aliphatic heterocycles. The predicted octanol–water partition coefficient (Wildman–Crippen LogP) is 2.36. The Balaban J connectivity index is 1.38. The number of rotatable bonds is 5. The van der Waals surface area contributed by atoms with Crippen LogP contribution >= 0.6 is 0 Å². The van der Waals surface area contributed by atoms with Crippen LogP contribution in [-0.2, 0) is 4.79 Å². The Kier molecular flexibility index (Phi) is 7.51. The zero-order valence-electron chi connectivity index (χ0n) is 16.8. The molecule has 7 heteroatoms. The van der Waals surface area contributed by atoms with Crippen LogP contribution in [0, 0.1) is 5.82 Å². The molecule has 0 bridgehead atoms. The summed E-state index contributed by atoms with van der Waals surface area (Å²) in [7, 11) is 1.77. The summed E-state index contributed by atoms with van der Waals surface area (Å²) < 4.78 is 13.1. The summed E-state index contributed by atoms with van der Waals surface area (Å²) in [5.74, 6) is 0.750. The van der Waals surface area contributed by atoms with Crippen molar-refractivity contribution in [2.75, 3.05) is 44.7 Å². The van der Waals surface area contributed by atoms with Crippen LogP contribution in [0.2, 0.25) is 0 Å². The summed E-state index contributed by atoms with van der Waals surface area (Å²) in [6, 6.07) is 7.01. The minimum atomic E-state index is -0.209. The van der Waals surface area contributed by atoms with Gasteiger partial charge in [0.25, 0.3) is 0 Å². The molecule has 0 radical (unpaired) electrons. The van der Waals surface area contributed by atoms with Crippen LogP contribution in [0.3, 0.4) is 0 Å². The van der Waals surface area contributed by atoms with Crippen molar-refractivity contribution in [1.29, 1.82) is 0 Å². The van der Waals surface area contributed by atoms with E-state index in [0.717, 1.165) is 50.7 Å². The van der Waals surface area contributed by atoms with E-state index in [4.69, 9.17) is 0 Å². The Morgan fingerprint density at radius 2 is 1.79 bits per heavy atom. The van der Waals surface area contributed by atoms with Gasteiger partial charge >= 0.3 is 0 Å². The maximum atomic E-state index is 13.1. The molecule has 1 aromatic carbocycles. The lowest BCUT2D eigenvalue weighted by molar-refractivity contribution is -0.121. The number of hydrogen-bond donors (Lipinski definition) is 2. The summed E-state index contributed by atoms with van der Waals surface area (Å²) in [5, 5.41) is 6.47. The maximum absolute atomic E-state index is 13.1. The molecule has 0 atom stereocenters. The topological polar surface area (TPSA) is 60.0 Å². The average molecular weight is 390 g/mol. The predicted molar refractivity (Wildman–Crippen MR) is 111 cm³/mol. The highest BCUT2D eigenvalue weighted by Gasteiger charge is 2.20. The van der Waals surface area contributed by atoms with E-state index < -0.39 is 0 Å². The van der Waals surface area contributed by atoms with Gasteiger partial charge in [-0.2, -0.15) is 0 Å². The van der Waals surface area contributed by atoms with Gasteiger partial charge in [-0.05, 0) is 37.1 Å². The monoisotopic (exact) mass is 389 g/mol. The Morgan fingerprint density at radius 3 is 2.43 bits per heavy atom. The van der Waals surface area contributed by atoms with Crippen molar-refractivity contribution >= 4 is 17.6 Å². The summed E-state index contributed by atoms with van der Waals surface area (Å²) in [6.45, 7) is 3.98. The van der Waals surface area contributed by atoms with E-state index in [2.05, 4.69) is 25.4 Å². The first kappa shape index (κ1) is 20.4. The molecule has 0 spiro atoms. The molecule has 6 nitrogen and oxygen atoms in total. The molecule has 1 saturated heterocycles. The Morgan fingerprint density at radius 1 is 1.11 bits per heavy atom. The number of carbonyl (C=O) groups is 1. The number of nitrogens with zero attached hydrogens (tertiary/aromatic N) is 3. The SMILES string of the molecule is CN=C(NCCC(=O)NC1CCCCC1)N1CCN(c2ccc(F)cc2)CC1.